The van der Waals surface area contributed by atoms with Gasteiger partial charge in [-0.1, -0.05) is 56.3 Å². The molecule has 3 fully saturated rings. The SMILES string of the molecule is CCCCN1C(=O)[C@@H](C(O)C2CCCCC2)NC(=O)C12CCN(Cc1ccc(Oc3ccc(C(=O)NC)cc3Cl)cc1)CC2.Cl. The summed E-state index contributed by atoms with van der Waals surface area (Å²) in [5.41, 5.74) is 0.705. The number of likely N-dealkylation sites (tertiary alicyclic amines) is 1. The summed E-state index contributed by atoms with van der Waals surface area (Å²) in [5.74, 6) is 0.711. The number of halogens is 2. The number of hydrogen-bond acceptors (Lipinski definition) is 6. The van der Waals surface area contributed by atoms with E-state index in [1.54, 1.807) is 25.2 Å². The maximum absolute atomic E-state index is 13.9. The number of carbonyl (C=O) groups excluding carboxylic acids is 3. The second-order valence-electron chi connectivity index (χ2n) is 12.5. The predicted octanol–water partition coefficient (Wildman–Crippen LogP) is 5.32. The van der Waals surface area contributed by atoms with Gasteiger partial charge in [0.05, 0.1) is 11.1 Å². The van der Waals surface area contributed by atoms with Crippen LogP contribution in [0.2, 0.25) is 5.02 Å². The van der Waals surface area contributed by atoms with Crippen molar-refractivity contribution in [3.05, 3.63) is 58.6 Å². The van der Waals surface area contributed by atoms with Gasteiger partial charge in [0.1, 0.15) is 23.1 Å². The van der Waals surface area contributed by atoms with Crippen LogP contribution in [0.25, 0.3) is 0 Å². The Morgan fingerprint density at radius 2 is 1.80 bits per heavy atom. The van der Waals surface area contributed by atoms with Gasteiger partial charge in [-0.15, -0.1) is 12.4 Å². The summed E-state index contributed by atoms with van der Waals surface area (Å²) in [7, 11) is 1.57. The summed E-state index contributed by atoms with van der Waals surface area (Å²) in [4.78, 5) is 43.6. The molecular weight excluding hydrogens is 615 g/mol. The molecule has 3 aliphatic rings. The van der Waals surface area contributed by atoms with Gasteiger partial charge in [0.25, 0.3) is 5.91 Å². The van der Waals surface area contributed by atoms with E-state index in [2.05, 4.69) is 22.5 Å². The molecule has 0 bridgehead atoms. The molecule has 0 aromatic heterocycles. The van der Waals surface area contributed by atoms with Gasteiger partial charge in [-0.2, -0.15) is 0 Å². The van der Waals surface area contributed by atoms with Crippen molar-refractivity contribution in [1.82, 2.24) is 20.4 Å². The first kappa shape index (κ1) is 35.0. The van der Waals surface area contributed by atoms with Crippen molar-refractivity contribution in [3.63, 3.8) is 0 Å². The first-order chi connectivity index (χ1) is 21.3. The first-order valence-electron chi connectivity index (χ1n) is 16.1. The van der Waals surface area contributed by atoms with E-state index in [-0.39, 0.29) is 36.0 Å². The van der Waals surface area contributed by atoms with E-state index in [4.69, 9.17) is 16.3 Å². The number of piperazine rings is 1. The number of piperidine rings is 1. The average molecular weight is 662 g/mol. The van der Waals surface area contributed by atoms with Crippen molar-refractivity contribution in [2.75, 3.05) is 26.7 Å². The van der Waals surface area contributed by atoms with Gasteiger partial charge < -0.3 is 25.4 Å². The molecule has 5 rings (SSSR count). The number of amides is 3. The molecular formula is C34H46Cl2N4O5. The zero-order chi connectivity index (χ0) is 31.3. The standard InChI is InChI=1S/C34H45ClN4O5.ClH/c1-3-4-18-39-32(42)29(30(40)24-8-6-5-7-9-24)37-33(43)34(39)16-19-38(20-17-34)22-23-10-13-26(14-11-23)44-28-15-12-25(21-27(28)35)31(41)36-2;/h10-15,21,24,29-30,40H,3-9,16-20,22H2,1-2H3,(H,36,41)(H,37,43);1H/t29-,30?;/m1./s1. The molecule has 3 N–H and O–H groups in total. The number of aliphatic hydroxyl groups excluding tert-OH is 1. The van der Waals surface area contributed by atoms with Gasteiger partial charge in [0, 0.05) is 38.8 Å². The summed E-state index contributed by atoms with van der Waals surface area (Å²) < 4.78 is 5.95. The highest BCUT2D eigenvalue weighted by molar-refractivity contribution is 6.32. The third-order valence-electron chi connectivity index (χ3n) is 9.63. The Morgan fingerprint density at radius 3 is 2.42 bits per heavy atom. The van der Waals surface area contributed by atoms with E-state index < -0.39 is 17.7 Å². The summed E-state index contributed by atoms with van der Waals surface area (Å²) in [6.07, 6.45) is 7.15. The van der Waals surface area contributed by atoms with Gasteiger partial charge in [0.2, 0.25) is 11.8 Å². The second kappa shape index (κ2) is 15.6. The fourth-order valence-corrected chi connectivity index (χ4v) is 7.17. The lowest BCUT2D eigenvalue weighted by Gasteiger charge is -2.52. The Morgan fingerprint density at radius 1 is 1.11 bits per heavy atom. The summed E-state index contributed by atoms with van der Waals surface area (Å²) in [6, 6.07) is 11.9. The minimum absolute atomic E-state index is 0. The van der Waals surface area contributed by atoms with Crippen molar-refractivity contribution in [2.24, 2.45) is 5.92 Å². The Kier molecular flexibility index (Phi) is 12.2. The highest BCUT2D eigenvalue weighted by Gasteiger charge is 2.55. The van der Waals surface area contributed by atoms with Crippen molar-refractivity contribution >= 4 is 41.7 Å². The smallest absolute Gasteiger partial charge is 0.251 e. The van der Waals surface area contributed by atoms with E-state index in [1.807, 2.05) is 29.2 Å². The molecule has 1 spiro atoms. The molecule has 2 heterocycles. The lowest BCUT2D eigenvalue weighted by atomic mass is 9.78. The number of rotatable bonds is 10. The van der Waals surface area contributed by atoms with Gasteiger partial charge in [-0.3, -0.25) is 19.3 Å². The minimum Gasteiger partial charge on any atom is -0.456 e. The van der Waals surface area contributed by atoms with Crippen molar-refractivity contribution in [3.8, 4) is 11.5 Å². The van der Waals surface area contributed by atoms with Crippen LogP contribution < -0.4 is 15.4 Å². The third kappa shape index (κ3) is 7.76. The Labute approximate surface area is 277 Å². The van der Waals surface area contributed by atoms with Crippen molar-refractivity contribution < 1.29 is 24.2 Å². The van der Waals surface area contributed by atoms with Gasteiger partial charge in [0.15, 0.2) is 0 Å². The monoisotopic (exact) mass is 660 g/mol. The van der Waals surface area contributed by atoms with E-state index in [0.717, 1.165) is 44.1 Å². The fraction of sp³-hybridized carbons (Fsp3) is 0.559. The van der Waals surface area contributed by atoms with Crippen LogP contribution in [-0.2, 0) is 16.1 Å². The molecule has 9 nitrogen and oxygen atoms in total. The summed E-state index contributed by atoms with van der Waals surface area (Å²) in [5, 5.41) is 17.1. The maximum atomic E-state index is 13.9. The highest BCUT2D eigenvalue weighted by Crippen LogP contribution is 2.37. The summed E-state index contributed by atoms with van der Waals surface area (Å²) in [6.45, 7) is 4.71. The van der Waals surface area contributed by atoms with Crippen LogP contribution in [0.5, 0.6) is 11.5 Å². The molecule has 11 heteroatoms. The molecule has 2 atom stereocenters. The number of carbonyl (C=O) groups is 3. The Balaban J connectivity index is 0.00000461. The number of nitrogens with zero attached hydrogens (tertiary/aromatic N) is 2. The molecule has 1 aliphatic carbocycles. The number of benzene rings is 2. The van der Waals surface area contributed by atoms with E-state index in [0.29, 0.717) is 61.1 Å². The molecule has 0 radical (unpaired) electrons. The molecule has 2 saturated heterocycles. The lowest BCUT2D eigenvalue weighted by Crippen LogP contribution is -2.75. The van der Waals surface area contributed by atoms with Crippen LogP contribution in [0.1, 0.15) is 80.6 Å². The molecule has 246 valence electrons. The van der Waals surface area contributed by atoms with Crippen LogP contribution >= 0.6 is 24.0 Å². The van der Waals surface area contributed by atoms with Crippen LogP contribution in [-0.4, -0.2) is 77.0 Å². The molecule has 45 heavy (non-hydrogen) atoms. The number of aliphatic hydroxyl groups is 1. The Bertz CT molecular complexity index is 1330. The maximum Gasteiger partial charge on any atom is 0.251 e. The van der Waals surface area contributed by atoms with Crippen molar-refractivity contribution in [2.45, 2.75) is 88.9 Å². The number of hydrogen-bond donors (Lipinski definition) is 3. The largest absolute Gasteiger partial charge is 0.456 e. The minimum atomic E-state index is -0.865. The zero-order valence-electron chi connectivity index (χ0n) is 26.2. The molecule has 1 unspecified atom stereocenters. The quantitative estimate of drug-likeness (QED) is 0.318. The average Bonchev–Trinajstić information content (AvgIpc) is 3.05. The zero-order valence-corrected chi connectivity index (χ0v) is 27.8. The molecule has 2 aliphatic heterocycles. The second-order valence-corrected chi connectivity index (χ2v) is 12.9. The summed E-state index contributed by atoms with van der Waals surface area (Å²) >= 11 is 6.34. The lowest BCUT2D eigenvalue weighted by molar-refractivity contribution is -0.166. The topological polar surface area (TPSA) is 111 Å². The van der Waals surface area contributed by atoms with E-state index >= 15 is 0 Å². The molecule has 2 aromatic carbocycles. The van der Waals surface area contributed by atoms with Crippen molar-refractivity contribution in [1.29, 1.82) is 0 Å². The number of unbranched alkanes of at least 4 members (excludes halogenated alkanes) is 1. The highest BCUT2D eigenvalue weighted by atomic mass is 35.5. The van der Waals surface area contributed by atoms with Gasteiger partial charge in [-0.05, 0) is 73.9 Å². The normalized spacial score (nSPS) is 21.2. The van der Waals surface area contributed by atoms with Crippen LogP contribution in [0, 0.1) is 5.92 Å². The van der Waals surface area contributed by atoms with Crippen LogP contribution in [0.3, 0.4) is 0 Å². The fourth-order valence-electron chi connectivity index (χ4n) is 6.95. The van der Waals surface area contributed by atoms with E-state index in [9.17, 15) is 19.5 Å². The van der Waals surface area contributed by atoms with Crippen LogP contribution in [0.15, 0.2) is 42.5 Å². The predicted molar refractivity (Wildman–Crippen MR) is 177 cm³/mol. The molecule has 1 saturated carbocycles. The van der Waals surface area contributed by atoms with Gasteiger partial charge in [-0.25, -0.2) is 0 Å². The Hall–Kier alpha value is -2.85. The van der Waals surface area contributed by atoms with E-state index in [1.165, 1.54) is 6.42 Å². The molecule has 3 amide bonds. The number of ether oxygens (including phenoxy) is 1. The third-order valence-corrected chi connectivity index (χ3v) is 9.92. The van der Waals surface area contributed by atoms with Gasteiger partial charge >= 0.3 is 0 Å². The number of nitrogens with one attached hydrogen (secondary N) is 2. The first-order valence-corrected chi connectivity index (χ1v) is 16.4. The van der Waals surface area contributed by atoms with Crippen LogP contribution in [0.4, 0.5) is 0 Å². The molecule has 2 aromatic rings.